The number of benzene rings is 1. The number of rotatable bonds is 1. The van der Waals surface area contributed by atoms with E-state index in [-0.39, 0.29) is 6.02 Å². The van der Waals surface area contributed by atoms with Crippen LogP contribution in [-0.4, -0.2) is 16.9 Å². The Morgan fingerprint density at radius 3 is 2.89 bits per heavy atom. The molecule has 0 saturated heterocycles. The molecule has 2 heterocycles. The maximum atomic E-state index is 11.7. The minimum atomic E-state index is -0.796. The molecule has 1 aromatic heterocycles. The van der Waals surface area contributed by atoms with Crippen LogP contribution in [0.2, 0.25) is 0 Å². The maximum Gasteiger partial charge on any atom is 0.296 e. The van der Waals surface area contributed by atoms with Crippen molar-refractivity contribution in [1.82, 2.24) is 4.98 Å². The summed E-state index contributed by atoms with van der Waals surface area (Å²) < 4.78 is 6.14. The molecule has 0 aliphatic carbocycles. The van der Waals surface area contributed by atoms with Crippen LogP contribution in [0.1, 0.15) is 11.7 Å². The van der Waals surface area contributed by atoms with Gasteiger partial charge >= 0.3 is 0 Å². The van der Waals surface area contributed by atoms with Gasteiger partial charge in [-0.3, -0.25) is 9.78 Å². The molecular weight excluding hydrogens is 298 g/mol. The fourth-order valence-corrected chi connectivity index (χ4v) is 2.38. The van der Waals surface area contributed by atoms with Gasteiger partial charge in [-0.25, -0.2) is 0 Å². The van der Waals surface area contributed by atoms with Gasteiger partial charge in [-0.05, 0) is 12.1 Å². The standard InChI is InChI=1S/C12H8BrN3O2/c13-8-4-3-7(9-6(8)2-1-5-15-9)10-11(17)16-12(14)18-10/h1-5,10H,(H2,14,16,17). The van der Waals surface area contributed by atoms with Gasteiger partial charge in [-0.15, -0.1) is 0 Å². The number of halogens is 1. The lowest BCUT2D eigenvalue weighted by Gasteiger charge is -2.11. The molecule has 1 aliphatic heterocycles. The maximum absolute atomic E-state index is 11.7. The van der Waals surface area contributed by atoms with E-state index in [4.69, 9.17) is 10.5 Å². The molecule has 1 amide bonds. The molecule has 0 bridgehead atoms. The molecule has 0 radical (unpaired) electrons. The number of aromatic nitrogens is 1. The highest BCUT2D eigenvalue weighted by Crippen LogP contribution is 2.32. The number of fused-ring (bicyclic) bond motifs is 1. The Balaban J connectivity index is 2.19. The first-order valence-corrected chi connectivity index (χ1v) is 6.04. The first-order valence-electron chi connectivity index (χ1n) is 5.24. The second kappa shape index (κ2) is 4.06. The van der Waals surface area contributed by atoms with Crippen molar-refractivity contribution in [3.8, 4) is 0 Å². The van der Waals surface area contributed by atoms with Crippen molar-refractivity contribution in [1.29, 1.82) is 0 Å². The number of ether oxygens (including phenoxy) is 1. The van der Waals surface area contributed by atoms with E-state index in [1.807, 2.05) is 18.2 Å². The smallest absolute Gasteiger partial charge is 0.296 e. The fourth-order valence-electron chi connectivity index (χ4n) is 1.93. The van der Waals surface area contributed by atoms with Gasteiger partial charge in [0.1, 0.15) is 0 Å². The monoisotopic (exact) mass is 305 g/mol. The normalized spacial score (nSPS) is 18.8. The van der Waals surface area contributed by atoms with E-state index in [1.54, 1.807) is 12.3 Å². The Hall–Kier alpha value is -1.95. The zero-order valence-corrected chi connectivity index (χ0v) is 10.7. The fraction of sp³-hybridized carbons (Fsp3) is 0.0833. The van der Waals surface area contributed by atoms with Crippen molar-refractivity contribution >= 4 is 38.8 Å². The molecule has 0 fully saturated rings. The first-order chi connectivity index (χ1) is 8.66. The number of hydrogen-bond acceptors (Lipinski definition) is 4. The first kappa shape index (κ1) is 11.2. The third kappa shape index (κ3) is 1.65. The quantitative estimate of drug-likeness (QED) is 0.873. The highest BCUT2D eigenvalue weighted by Gasteiger charge is 2.31. The number of hydrogen-bond donors (Lipinski definition) is 1. The van der Waals surface area contributed by atoms with Gasteiger partial charge in [0.2, 0.25) is 6.10 Å². The lowest BCUT2D eigenvalue weighted by molar-refractivity contribution is -0.122. The van der Waals surface area contributed by atoms with Gasteiger partial charge in [0, 0.05) is 21.6 Å². The number of nitrogens with zero attached hydrogens (tertiary/aromatic N) is 2. The Bertz CT molecular complexity index is 684. The Morgan fingerprint density at radius 1 is 1.33 bits per heavy atom. The third-order valence-electron chi connectivity index (χ3n) is 2.71. The summed E-state index contributed by atoms with van der Waals surface area (Å²) in [6, 6.07) is 7.29. The predicted molar refractivity (Wildman–Crippen MR) is 69.9 cm³/mol. The minimum absolute atomic E-state index is 0.100. The molecule has 1 aliphatic rings. The van der Waals surface area contributed by atoms with E-state index < -0.39 is 12.0 Å². The summed E-state index contributed by atoms with van der Waals surface area (Å²) in [6.07, 6.45) is 0.873. The average molecular weight is 306 g/mol. The van der Waals surface area contributed by atoms with Crippen LogP contribution in [0.25, 0.3) is 10.9 Å². The van der Waals surface area contributed by atoms with Crippen molar-refractivity contribution in [2.75, 3.05) is 0 Å². The van der Waals surface area contributed by atoms with Crippen molar-refractivity contribution < 1.29 is 9.53 Å². The number of amidine groups is 1. The highest BCUT2D eigenvalue weighted by atomic mass is 79.9. The number of carbonyl (C=O) groups is 1. The molecule has 90 valence electrons. The summed E-state index contributed by atoms with van der Waals surface area (Å²) in [5, 5.41) is 0.914. The van der Waals surface area contributed by atoms with E-state index in [0.717, 1.165) is 9.86 Å². The molecule has 1 atom stereocenters. The van der Waals surface area contributed by atoms with Crippen LogP contribution in [0.4, 0.5) is 0 Å². The van der Waals surface area contributed by atoms with E-state index in [9.17, 15) is 4.79 Å². The number of aliphatic imine (C=N–C) groups is 1. The molecule has 0 saturated carbocycles. The van der Waals surface area contributed by atoms with E-state index >= 15 is 0 Å². The number of pyridine rings is 1. The van der Waals surface area contributed by atoms with Crippen molar-refractivity contribution in [3.05, 3.63) is 40.5 Å². The molecule has 2 N–H and O–H groups in total. The van der Waals surface area contributed by atoms with Crippen LogP contribution in [-0.2, 0) is 9.53 Å². The summed E-state index contributed by atoms with van der Waals surface area (Å²) in [5.41, 5.74) is 6.78. The molecule has 2 aromatic rings. The highest BCUT2D eigenvalue weighted by molar-refractivity contribution is 9.10. The molecule has 0 spiro atoms. The van der Waals surface area contributed by atoms with E-state index in [2.05, 4.69) is 25.9 Å². The van der Waals surface area contributed by atoms with Crippen LogP contribution in [0.5, 0.6) is 0 Å². The third-order valence-corrected chi connectivity index (χ3v) is 3.40. The Labute approximate surface area is 111 Å². The largest absolute Gasteiger partial charge is 0.447 e. The van der Waals surface area contributed by atoms with E-state index in [0.29, 0.717) is 11.1 Å². The lowest BCUT2D eigenvalue weighted by atomic mass is 10.0. The van der Waals surface area contributed by atoms with Crippen molar-refractivity contribution in [2.45, 2.75) is 6.10 Å². The molecular formula is C12H8BrN3O2. The number of carbonyl (C=O) groups excluding carboxylic acids is 1. The number of nitrogens with two attached hydrogens (primary N) is 1. The molecule has 1 unspecified atom stereocenters. The van der Waals surface area contributed by atoms with Crippen LogP contribution in [0.3, 0.4) is 0 Å². The number of amides is 1. The van der Waals surface area contributed by atoms with Crippen LogP contribution in [0.15, 0.2) is 39.9 Å². The summed E-state index contributed by atoms with van der Waals surface area (Å²) in [4.78, 5) is 19.5. The summed E-state index contributed by atoms with van der Waals surface area (Å²) >= 11 is 3.45. The van der Waals surface area contributed by atoms with Crippen molar-refractivity contribution in [3.63, 3.8) is 0 Å². The van der Waals surface area contributed by atoms with Gasteiger partial charge in [-0.1, -0.05) is 28.1 Å². The average Bonchev–Trinajstić information content (AvgIpc) is 2.69. The van der Waals surface area contributed by atoms with Gasteiger partial charge in [0.05, 0.1) is 5.52 Å². The van der Waals surface area contributed by atoms with Crippen LogP contribution >= 0.6 is 15.9 Å². The van der Waals surface area contributed by atoms with Gasteiger partial charge in [0.25, 0.3) is 11.9 Å². The Kier molecular flexibility index (Phi) is 2.52. The zero-order chi connectivity index (χ0) is 12.7. The SMILES string of the molecule is NC1=NC(=O)C(c2ccc(Br)c3cccnc23)O1. The lowest BCUT2D eigenvalue weighted by Crippen LogP contribution is -2.14. The van der Waals surface area contributed by atoms with Gasteiger partial charge in [-0.2, -0.15) is 4.99 Å². The van der Waals surface area contributed by atoms with Gasteiger partial charge in [0.15, 0.2) is 0 Å². The molecule has 3 rings (SSSR count). The molecule has 18 heavy (non-hydrogen) atoms. The van der Waals surface area contributed by atoms with Crippen molar-refractivity contribution in [2.24, 2.45) is 10.7 Å². The van der Waals surface area contributed by atoms with E-state index in [1.165, 1.54) is 0 Å². The minimum Gasteiger partial charge on any atom is -0.447 e. The summed E-state index contributed by atoms with van der Waals surface area (Å²) in [6.45, 7) is 0. The zero-order valence-electron chi connectivity index (χ0n) is 9.13. The molecule has 5 nitrogen and oxygen atoms in total. The topological polar surface area (TPSA) is 77.6 Å². The summed E-state index contributed by atoms with van der Waals surface area (Å²) in [7, 11) is 0. The Morgan fingerprint density at radius 2 is 2.17 bits per heavy atom. The van der Waals surface area contributed by atoms with Crippen LogP contribution in [0, 0.1) is 0 Å². The summed E-state index contributed by atoms with van der Waals surface area (Å²) in [5.74, 6) is -0.401. The predicted octanol–water partition coefficient (Wildman–Crippen LogP) is 1.91. The second-order valence-electron chi connectivity index (χ2n) is 3.82. The molecule has 1 aromatic carbocycles. The van der Waals surface area contributed by atoms with Crippen LogP contribution < -0.4 is 5.73 Å². The van der Waals surface area contributed by atoms with Gasteiger partial charge < -0.3 is 10.5 Å². The molecule has 6 heteroatoms. The second-order valence-corrected chi connectivity index (χ2v) is 4.68.